The minimum absolute atomic E-state index is 0.0396. The van der Waals surface area contributed by atoms with Gasteiger partial charge in [-0.15, -0.1) is 13.2 Å². The predicted octanol–water partition coefficient (Wildman–Crippen LogP) is 6.25. The fourth-order valence-electron chi connectivity index (χ4n) is 3.02. The van der Waals surface area contributed by atoms with Gasteiger partial charge in [-0.2, -0.15) is 17.6 Å². The Labute approximate surface area is 186 Å². The molecule has 0 saturated carbocycles. The van der Waals surface area contributed by atoms with E-state index >= 15 is 0 Å². The molecule has 1 atom stereocenters. The fourth-order valence-corrected chi connectivity index (χ4v) is 3.02. The fraction of sp³-hybridized carbons (Fsp3) is 0.455. The lowest BCUT2D eigenvalue weighted by molar-refractivity contribution is -0.274. The molecule has 0 aliphatic heterocycles. The lowest BCUT2D eigenvalue weighted by atomic mass is 10.0. The van der Waals surface area contributed by atoms with Crippen molar-refractivity contribution in [2.24, 2.45) is 0 Å². The van der Waals surface area contributed by atoms with Gasteiger partial charge < -0.3 is 9.47 Å². The summed E-state index contributed by atoms with van der Waals surface area (Å²) in [5, 5.41) is 0. The van der Waals surface area contributed by atoms with E-state index in [9.17, 15) is 30.7 Å². The van der Waals surface area contributed by atoms with Crippen LogP contribution in [0.4, 0.5) is 30.7 Å². The molecule has 0 bridgehead atoms. The molecule has 11 heteroatoms. The first-order valence-electron chi connectivity index (χ1n) is 10.0. The summed E-state index contributed by atoms with van der Waals surface area (Å²) in [6.45, 7) is -5.82. The van der Waals surface area contributed by atoms with E-state index in [0.717, 1.165) is 4.90 Å². The Bertz CT molecular complexity index is 849. The van der Waals surface area contributed by atoms with Crippen LogP contribution in [0.1, 0.15) is 24.0 Å². The van der Waals surface area contributed by atoms with Crippen LogP contribution in [0, 0.1) is 0 Å². The number of benzene rings is 2. The maximum atomic E-state index is 12.8. The Kier molecular flexibility index (Phi) is 10.2. The molecule has 0 amide bonds. The van der Waals surface area contributed by atoms with Gasteiger partial charge in [-0.3, -0.25) is 9.64 Å². The maximum absolute atomic E-state index is 12.8. The minimum atomic E-state index is -4.80. The molecule has 2 aromatic rings. The Morgan fingerprint density at radius 3 is 2.33 bits per heavy atom. The zero-order valence-electron chi connectivity index (χ0n) is 17.7. The highest BCUT2D eigenvalue weighted by Gasteiger charge is 2.31. The van der Waals surface area contributed by atoms with Crippen LogP contribution < -0.4 is 9.47 Å². The third-order valence-corrected chi connectivity index (χ3v) is 4.58. The molecule has 0 fully saturated rings. The van der Waals surface area contributed by atoms with Crippen LogP contribution in [0.15, 0.2) is 48.5 Å². The number of ether oxygens (including phenoxy) is 3. The third-order valence-electron chi connectivity index (χ3n) is 4.58. The van der Waals surface area contributed by atoms with Gasteiger partial charge in [0.25, 0.3) is 6.55 Å². The molecule has 33 heavy (non-hydrogen) atoms. The van der Waals surface area contributed by atoms with Gasteiger partial charge in [0.15, 0.2) is 0 Å². The van der Waals surface area contributed by atoms with E-state index in [2.05, 4.69) is 9.47 Å². The summed E-state index contributed by atoms with van der Waals surface area (Å²) < 4.78 is 102. The number of rotatable bonds is 13. The Hall–Kier alpha value is -2.53. The number of halogens is 7. The molecule has 0 aliphatic carbocycles. The SMILES string of the molecule is CN(CCC[C@@H](Oc1ccccc1CCc1cccc(OC(F)(F)F)c1)OC(F)F)C(F)F. The molecule has 0 aliphatic rings. The number of alkyl halides is 7. The van der Waals surface area contributed by atoms with Crippen LogP contribution >= 0.6 is 0 Å². The van der Waals surface area contributed by atoms with Gasteiger partial charge in [-0.25, -0.2) is 0 Å². The molecule has 0 aromatic heterocycles. The highest BCUT2D eigenvalue weighted by Crippen LogP contribution is 2.26. The highest BCUT2D eigenvalue weighted by atomic mass is 19.4. The van der Waals surface area contributed by atoms with Crippen molar-refractivity contribution < 1.29 is 44.9 Å². The number of nitrogens with zero attached hydrogens (tertiary/aromatic N) is 1. The van der Waals surface area contributed by atoms with Crippen molar-refractivity contribution in [1.29, 1.82) is 0 Å². The summed E-state index contributed by atoms with van der Waals surface area (Å²) in [6.07, 6.45) is -5.42. The first-order valence-corrected chi connectivity index (χ1v) is 10.0. The summed E-state index contributed by atoms with van der Waals surface area (Å²) in [5.41, 5.74) is 1.19. The van der Waals surface area contributed by atoms with E-state index < -0.39 is 25.8 Å². The van der Waals surface area contributed by atoms with E-state index in [1.54, 1.807) is 30.3 Å². The van der Waals surface area contributed by atoms with Gasteiger partial charge in [-0.1, -0.05) is 30.3 Å². The number of aryl methyl sites for hydroxylation is 2. The summed E-state index contributed by atoms with van der Waals surface area (Å²) >= 11 is 0. The first-order chi connectivity index (χ1) is 15.5. The van der Waals surface area contributed by atoms with Gasteiger partial charge in [-0.05, 0) is 55.6 Å². The van der Waals surface area contributed by atoms with E-state index in [0.29, 0.717) is 24.0 Å². The summed E-state index contributed by atoms with van der Waals surface area (Å²) in [6, 6.07) is 12.1. The van der Waals surface area contributed by atoms with Crippen molar-refractivity contribution in [2.45, 2.75) is 51.5 Å². The van der Waals surface area contributed by atoms with Gasteiger partial charge in [0.2, 0.25) is 6.29 Å². The quantitative estimate of drug-likeness (QED) is 0.192. The molecule has 0 saturated heterocycles. The van der Waals surface area contributed by atoms with Gasteiger partial charge in [0, 0.05) is 13.0 Å². The van der Waals surface area contributed by atoms with Crippen molar-refractivity contribution in [3.05, 3.63) is 59.7 Å². The summed E-state index contributed by atoms with van der Waals surface area (Å²) in [5.74, 6) is -0.0863. The Morgan fingerprint density at radius 1 is 0.939 bits per heavy atom. The minimum Gasteiger partial charge on any atom is -0.464 e. The Balaban J connectivity index is 2.03. The molecule has 2 aromatic carbocycles. The van der Waals surface area contributed by atoms with Crippen LogP contribution in [0.3, 0.4) is 0 Å². The van der Waals surface area contributed by atoms with Crippen LogP contribution in [0.5, 0.6) is 11.5 Å². The van der Waals surface area contributed by atoms with Gasteiger partial charge in [0.1, 0.15) is 11.5 Å². The van der Waals surface area contributed by atoms with Crippen molar-refractivity contribution >= 4 is 0 Å². The largest absolute Gasteiger partial charge is 0.573 e. The van der Waals surface area contributed by atoms with Crippen LogP contribution in [-0.2, 0) is 17.6 Å². The van der Waals surface area contributed by atoms with Crippen LogP contribution in [-0.4, -0.2) is 44.3 Å². The van der Waals surface area contributed by atoms with E-state index in [4.69, 9.17) is 4.74 Å². The number of hydrogen-bond donors (Lipinski definition) is 0. The molecule has 0 unspecified atom stereocenters. The van der Waals surface area contributed by atoms with Crippen molar-refractivity contribution in [3.63, 3.8) is 0 Å². The topological polar surface area (TPSA) is 30.9 Å². The lowest BCUT2D eigenvalue weighted by Gasteiger charge is -2.22. The predicted molar refractivity (Wildman–Crippen MR) is 106 cm³/mol. The van der Waals surface area contributed by atoms with Crippen molar-refractivity contribution in [1.82, 2.24) is 4.90 Å². The average molecular weight is 483 g/mol. The van der Waals surface area contributed by atoms with Gasteiger partial charge in [0.05, 0.1) is 0 Å². The molecule has 0 spiro atoms. The first kappa shape index (κ1) is 26.7. The summed E-state index contributed by atoms with van der Waals surface area (Å²) in [4.78, 5) is 0.768. The number of hydrogen-bond acceptors (Lipinski definition) is 4. The summed E-state index contributed by atoms with van der Waals surface area (Å²) in [7, 11) is 1.21. The van der Waals surface area contributed by atoms with Crippen molar-refractivity contribution in [2.75, 3.05) is 13.6 Å². The zero-order valence-corrected chi connectivity index (χ0v) is 17.7. The number of para-hydroxylation sites is 1. The highest BCUT2D eigenvalue weighted by molar-refractivity contribution is 5.35. The standard InChI is InChI=1S/C22H24F7NO3/c1-30(20(23)24)13-5-10-19(32-21(25)26)31-18-9-3-2-7-16(18)12-11-15-6-4-8-17(14-15)33-22(27,28)29/h2-4,6-9,14,19-21H,5,10-13H2,1H3/t19-/m0/s1. The second kappa shape index (κ2) is 12.6. The molecule has 0 radical (unpaired) electrons. The molecular formula is C22H24F7NO3. The van der Waals surface area contributed by atoms with Gasteiger partial charge >= 0.3 is 13.0 Å². The smallest absolute Gasteiger partial charge is 0.464 e. The molecule has 184 valence electrons. The molecule has 4 nitrogen and oxygen atoms in total. The third kappa shape index (κ3) is 10.3. The van der Waals surface area contributed by atoms with E-state index in [1.165, 1.54) is 25.2 Å². The van der Waals surface area contributed by atoms with E-state index in [1.807, 2.05) is 0 Å². The monoisotopic (exact) mass is 483 g/mol. The zero-order chi connectivity index (χ0) is 24.4. The van der Waals surface area contributed by atoms with E-state index in [-0.39, 0.29) is 30.9 Å². The molecule has 0 N–H and O–H groups in total. The van der Waals surface area contributed by atoms with Crippen molar-refractivity contribution in [3.8, 4) is 11.5 Å². The normalized spacial score (nSPS) is 13.1. The van der Waals surface area contributed by atoms with Crippen LogP contribution in [0.2, 0.25) is 0 Å². The lowest BCUT2D eigenvalue weighted by Crippen LogP contribution is -2.28. The molecule has 0 heterocycles. The average Bonchev–Trinajstić information content (AvgIpc) is 2.71. The Morgan fingerprint density at radius 2 is 1.67 bits per heavy atom. The molecule has 2 rings (SSSR count). The molecular weight excluding hydrogens is 459 g/mol. The maximum Gasteiger partial charge on any atom is 0.573 e. The van der Waals surface area contributed by atoms with Crippen LogP contribution in [0.25, 0.3) is 0 Å². The second-order valence-electron chi connectivity index (χ2n) is 7.15. The second-order valence-corrected chi connectivity index (χ2v) is 7.15.